The van der Waals surface area contributed by atoms with E-state index in [9.17, 15) is 9.59 Å². The van der Waals surface area contributed by atoms with E-state index in [1.807, 2.05) is 36.1 Å². The van der Waals surface area contributed by atoms with Crippen LogP contribution in [-0.4, -0.2) is 73.2 Å². The van der Waals surface area contributed by atoms with E-state index in [4.69, 9.17) is 4.74 Å². The van der Waals surface area contributed by atoms with Gasteiger partial charge in [-0.2, -0.15) is 0 Å². The number of nitrogens with zero attached hydrogens (tertiary/aromatic N) is 3. The average Bonchev–Trinajstić information content (AvgIpc) is 3.17. The maximum Gasteiger partial charge on any atom is 0.251 e. The number of likely N-dealkylation sites (tertiary alicyclic amines) is 1. The summed E-state index contributed by atoms with van der Waals surface area (Å²) < 4.78 is 5.56. The minimum Gasteiger partial charge on any atom is -0.381 e. The van der Waals surface area contributed by atoms with Crippen LogP contribution in [0.4, 0.5) is 5.69 Å². The van der Waals surface area contributed by atoms with Gasteiger partial charge in [0.15, 0.2) is 0 Å². The van der Waals surface area contributed by atoms with Crippen molar-refractivity contribution in [2.24, 2.45) is 5.92 Å². The smallest absolute Gasteiger partial charge is 0.251 e. The number of aryl methyl sites for hydroxylation is 1. The first-order chi connectivity index (χ1) is 17.9. The molecule has 1 atom stereocenters. The second-order valence-electron chi connectivity index (χ2n) is 10.7. The Bertz CT molecular complexity index is 1140. The second-order valence-corrected chi connectivity index (χ2v) is 10.7. The van der Waals surface area contributed by atoms with Crippen molar-refractivity contribution in [3.05, 3.63) is 78.0 Å². The molecule has 1 unspecified atom stereocenters. The molecule has 196 valence electrons. The number of ether oxygens (including phenoxy) is 1. The number of piperidine rings is 1. The van der Waals surface area contributed by atoms with Crippen molar-refractivity contribution >= 4 is 17.5 Å². The first-order valence-electron chi connectivity index (χ1n) is 13.4. The second kappa shape index (κ2) is 10.6. The highest BCUT2D eigenvalue weighted by Gasteiger charge is 2.49. The molecule has 1 spiro atoms. The highest BCUT2D eigenvalue weighted by molar-refractivity contribution is 5.97. The van der Waals surface area contributed by atoms with Crippen molar-refractivity contribution in [2.45, 2.75) is 44.2 Å². The quantitative estimate of drug-likeness (QED) is 0.674. The molecule has 37 heavy (non-hydrogen) atoms. The summed E-state index contributed by atoms with van der Waals surface area (Å²) in [7, 11) is 2.09. The highest BCUT2D eigenvalue weighted by atomic mass is 16.5. The van der Waals surface area contributed by atoms with E-state index in [2.05, 4.69) is 53.0 Å². The summed E-state index contributed by atoms with van der Waals surface area (Å²) in [6, 6.07) is 17.4. The van der Waals surface area contributed by atoms with Crippen LogP contribution in [-0.2, 0) is 9.53 Å². The monoisotopic (exact) mass is 502 g/mol. The SMILES string of the molecule is C=C1N(C)CN(c2ccccc2)C12CCN(C(=O)C(NC(=O)c1cccc(C)c1)C1CCOCC1)CC2. The lowest BCUT2D eigenvalue weighted by atomic mass is 9.83. The van der Waals surface area contributed by atoms with Crippen molar-refractivity contribution in [1.82, 2.24) is 15.1 Å². The number of anilines is 1. The molecule has 0 saturated carbocycles. The van der Waals surface area contributed by atoms with Crippen LogP contribution in [0.3, 0.4) is 0 Å². The van der Waals surface area contributed by atoms with Gasteiger partial charge >= 0.3 is 0 Å². The molecule has 0 aromatic heterocycles. The number of hydrogen-bond donors (Lipinski definition) is 1. The topological polar surface area (TPSA) is 65.1 Å². The van der Waals surface area contributed by atoms with Crippen molar-refractivity contribution in [1.29, 1.82) is 0 Å². The van der Waals surface area contributed by atoms with Gasteiger partial charge in [0.25, 0.3) is 5.91 Å². The molecule has 2 aromatic carbocycles. The zero-order valence-electron chi connectivity index (χ0n) is 22.0. The summed E-state index contributed by atoms with van der Waals surface area (Å²) in [5, 5.41) is 3.12. The molecule has 3 aliphatic heterocycles. The van der Waals surface area contributed by atoms with Crippen LogP contribution in [0, 0.1) is 12.8 Å². The highest BCUT2D eigenvalue weighted by Crippen LogP contribution is 2.44. The van der Waals surface area contributed by atoms with Crippen LogP contribution in [0.2, 0.25) is 0 Å². The van der Waals surface area contributed by atoms with Crippen LogP contribution in [0.1, 0.15) is 41.6 Å². The third-order valence-electron chi connectivity index (χ3n) is 8.41. The van der Waals surface area contributed by atoms with E-state index in [-0.39, 0.29) is 23.3 Å². The first-order valence-corrected chi connectivity index (χ1v) is 13.4. The molecule has 0 bridgehead atoms. The number of amides is 2. The lowest BCUT2D eigenvalue weighted by Crippen LogP contribution is -2.59. The zero-order chi connectivity index (χ0) is 26.0. The third-order valence-corrected chi connectivity index (χ3v) is 8.41. The third kappa shape index (κ3) is 4.97. The Morgan fingerprint density at radius 2 is 1.76 bits per heavy atom. The Balaban J connectivity index is 1.33. The Hall–Kier alpha value is -3.32. The summed E-state index contributed by atoms with van der Waals surface area (Å²) in [5.41, 5.74) is 3.70. The lowest BCUT2D eigenvalue weighted by Gasteiger charge is -2.46. The fourth-order valence-corrected chi connectivity index (χ4v) is 6.17. The van der Waals surface area contributed by atoms with E-state index in [0.717, 1.165) is 43.6 Å². The number of hydrogen-bond acceptors (Lipinski definition) is 5. The Morgan fingerprint density at radius 3 is 2.43 bits per heavy atom. The van der Waals surface area contributed by atoms with Crippen molar-refractivity contribution in [3.8, 4) is 0 Å². The van der Waals surface area contributed by atoms with Gasteiger partial charge < -0.3 is 24.8 Å². The number of likely N-dealkylation sites (N-methyl/N-ethyl adjacent to an activating group) is 1. The molecule has 3 saturated heterocycles. The van der Waals surface area contributed by atoms with Gasteiger partial charge in [-0.1, -0.05) is 42.5 Å². The number of para-hydroxylation sites is 1. The van der Waals surface area contributed by atoms with Crippen molar-refractivity contribution < 1.29 is 14.3 Å². The molecule has 3 fully saturated rings. The minimum atomic E-state index is -0.550. The molecule has 1 N–H and O–H groups in total. The summed E-state index contributed by atoms with van der Waals surface area (Å²) >= 11 is 0. The van der Waals surface area contributed by atoms with Crippen LogP contribution in [0.25, 0.3) is 0 Å². The normalized spacial score (nSPS) is 20.8. The molecule has 3 aliphatic rings. The van der Waals surface area contributed by atoms with Gasteiger partial charge in [-0.3, -0.25) is 9.59 Å². The van der Waals surface area contributed by atoms with E-state index >= 15 is 0 Å². The number of benzene rings is 2. The van der Waals surface area contributed by atoms with Crippen molar-refractivity contribution in [3.63, 3.8) is 0 Å². The molecular formula is C30H38N4O3. The van der Waals surface area contributed by atoms with E-state index in [1.54, 1.807) is 6.07 Å². The first kappa shape index (κ1) is 25.3. The average molecular weight is 503 g/mol. The summed E-state index contributed by atoms with van der Waals surface area (Å²) in [6.45, 7) is 9.72. The van der Waals surface area contributed by atoms with Gasteiger partial charge in [0.1, 0.15) is 6.04 Å². The summed E-state index contributed by atoms with van der Waals surface area (Å²) in [4.78, 5) is 33.8. The maximum absolute atomic E-state index is 14.0. The van der Waals surface area contributed by atoms with Crippen LogP contribution in [0.5, 0.6) is 0 Å². The fourth-order valence-electron chi connectivity index (χ4n) is 6.17. The lowest BCUT2D eigenvalue weighted by molar-refractivity contribution is -0.137. The maximum atomic E-state index is 14.0. The fraction of sp³-hybridized carbons (Fsp3) is 0.467. The Labute approximate surface area is 220 Å². The molecule has 2 amide bonds. The van der Waals surface area contributed by atoms with Gasteiger partial charge in [-0.15, -0.1) is 0 Å². The molecule has 5 rings (SSSR count). The van der Waals surface area contributed by atoms with Gasteiger partial charge in [-0.05, 0) is 62.8 Å². The Kier molecular flexibility index (Phi) is 7.24. The number of nitrogens with one attached hydrogen (secondary N) is 1. The predicted molar refractivity (Wildman–Crippen MR) is 145 cm³/mol. The number of carbonyl (C=O) groups is 2. The number of carbonyl (C=O) groups excluding carboxylic acids is 2. The molecule has 7 heteroatoms. The predicted octanol–water partition coefficient (Wildman–Crippen LogP) is 3.80. The van der Waals surface area contributed by atoms with Crippen LogP contribution >= 0.6 is 0 Å². The molecular weight excluding hydrogens is 464 g/mol. The van der Waals surface area contributed by atoms with E-state index < -0.39 is 6.04 Å². The molecule has 3 heterocycles. The van der Waals surface area contributed by atoms with Crippen LogP contribution < -0.4 is 10.2 Å². The van der Waals surface area contributed by atoms with Crippen LogP contribution in [0.15, 0.2) is 66.9 Å². The van der Waals surface area contributed by atoms with Gasteiger partial charge in [0.2, 0.25) is 5.91 Å². The summed E-state index contributed by atoms with van der Waals surface area (Å²) in [6.07, 6.45) is 3.16. The molecule has 0 aliphatic carbocycles. The molecule has 2 aromatic rings. The molecule has 7 nitrogen and oxygen atoms in total. The zero-order valence-corrected chi connectivity index (χ0v) is 22.0. The number of rotatable bonds is 5. The minimum absolute atomic E-state index is 0.0194. The van der Waals surface area contributed by atoms with Crippen molar-refractivity contribution in [2.75, 3.05) is 44.9 Å². The Morgan fingerprint density at radius 1 is 1.05 bits per heavy atom. The summed E-state index contributed by atoms with van der Waals surface area (Å²) in [5.74, 6) is -0.103. The van der Waals surface area contributed by atoms with Gasteiger partial charge in [-0.25, -0.2) is 0 Å². The van der Waals surface area contributed by atoms with E-state index in [1.165, 1.54) is 5.69 Å². The molecule has 0 radical (unpaired) electrons. The van der Waals surface area contributed by atoms with Gasteiger partial charge in [0.05, 0.1) is 12.2 Å². The largest absolute Gasteiger partial charge is 0.381 e. The van der Waals surface area contributed by atoms with Gasteiger partial charge in [0, 0.05) is 50.3 Å². The standard InChI is InChI=1S/C30H38N4O3/c1-22-8-7-9-25(20-22)28(35)31-27(24-12-18-37-19-13-24)29(36)33-16-14-30(15-17-33)23(2)32(3)21-34(30)26-10-5-4-6-11-26/h4-11,20,24,27H,2,12-19,21H2,1,3H3,(H,31,35). The van der Waals surface area contributed by atoms with E-state index in [0.29, 0.717) is 31.9 Å².